The standard InChI is InChI=1S/C12H10FNO/c1-8-2-4-11(14-7-8)10-6-9(13)3-5-12(10)15/h2-7,15H,1H3. The second-order valence-electron chi connectivity index (χ2n) is 3.38. The maximum Gasteiger partial charge on any atom is 0.125 e. The molecule has 0 aliphatic rings. The maximum absolute atomic E-state index is 13.0. The number of pyridine rings is 1. The number of hydrogen-bond acceptors (Lipinski definition) is 2. The Morgan fingerprint density at radius 1 is 1.20 bits per heavy atom. The van der Waals surface area contributed by atoms with Crippen LogP contribution in [0.1, 0.15) is 5.56 Å². The van der Waals surface area contributed by atoms with Gasteiger partial charge in [0.25, 0.3) is 0 Å². The van der Waals surface area contributed by atoms with Crippen LogP contribution in [0.25, 0.3) is 11.3 Å². The number of phenolic OH excluding ortho intramolecular Hbond substituents is 1. The molecule has 1 heterocycles. The van der Waals surface area contributed by atoms with Crippen LogP contribution in [0.5, 0.6) is 5.75 Å². The SMILES string of the molecule is Cc1ccc(-c2cc(F)ccc2O)nc1. The predicted octanol–water partition coefficient (Wildman–Crippen LogP) is 2.90. The fourth-order valence-corrected chi connectivity index (χ4v) is 1.34. The topological polar surface area (TPSA) is 33.1 Å². The zero-order chi connectivity index (χ0) is 10.8. The molecule has 0 aliphatic carbocycles. The zero-order valence-electron chi connectivity index (χ0n) is 8.24. The molecule has 0 bridgehead atoms. The predicted molar refractivity (Wildman–Crippen MR) is 56.0 cm³/mol. The Morgan fingerprint density at radius 2 is 2.00 bits per heavy atom. The lowest BCUT2D eigenvalue weighted by Gasteiger charge is -2.04. The van der Waals surface area contributed by atoms with Crippen LogP contribution in [0.3, 0.4) is 0 Å². The van der Waals surface area contributed by atoms with Crippen LogP contribution in [0.15, 0.2) is 36.5 Å². The van der Waals surface area contributed by atoms with Crippen LogP contribution in [0.4, 0.5) is 4.39 Å². The first-order valence-electron chi connectivity index (χ1n) is 4.58. The lowest BCUT2D eigenvalue weighted by molar-refractivity contribution is 0.475. The average molecular weight is 203 g/mol. The molecule has 1 aromatic heterocycles. The van der Waals surface area contributed by atoms with Crippen molar-refractivity contribution in [2.24, 2.45) is 0 Å². The van der Waals surface area contributed by atoms with Crippen LogP contribution in [-0.2, 0) is 0 Å². The molecule has 0 aliphatic heterocycles. The molecule has 0 fully saturated rings. The highest BCUT2D eigenvalue weighted by atomic mass is 19.1. The number of rotatable bonds is 1. The summed E-state index contributed by atoms with van der Waals surface area (Å²) >= 11 is 0. The summed E-state index contributed by atoms with van der Waals surface area (Å²) in [6.07, 6.45) is 1.68. The normalized spacial score (nSPS) is 10.3. The van der Waals surface area contributed by atoms with E-state index in [1.807, 2.05) is 13.0 Å². The van der Waals surface area contributed by atoms with E-state index in [0.29, 0.717) is 11.3 Å². The van der Waals surface area contributed by atoms with Gasteiger partial charge in [0, 0.05) is 11.8 Å². The van der Waals surface area contributed by atoms with E-state index in [1.165, 1.54) is 18.2 Å². The van der Waals surface area contributed by atoms with Crippen molar-refractivity contribution < 1.29 is 9.50 Å². The van der Waals surface area contributed by atoms with E-state index in [4.69, 9.17) is 0 Å². The van der Waals surface area contributed by atoms with Crippen molar-refractivity contribution in [3.63, 3.8) is 0 Å². The Morgan fingerprint density at radius 3 is 2.67 bits per heavy atom. The van der Waals surface area contributed by atoms with E-state index in [2.05, 4.69) is 4.98 Å². The lowest BCUT2D eigenvalue weighted by Crippen LogP contribution is -1.86. The molecule has 2 aromatic rings. The highest BCUT2D eigenvalue weighted by Gasteiger charge is 2.06. The summed E-state index contributed by atoms with van der Waals surface area (Å²) in [6.45, 7) is 1.92. The molecular weight excluding hydrogens is 193 g/mol. The number of hydrogen-bond donors (Lipinski definition) is 1. The highest BCUT2D eigenvalue weighted by Crippen LogP contribution is 2.27. The number of aromatic hydroxyl groups is 1. The Bertz CT molecular complexity index is 479. The monoisotopic (exact) mass is 203 g/mol. The minimum atomic E-state index is -0.384. The third kappa shape index (κ3) is 1.96. The number of benzene rings is 1. The van der Waals surface area contributed by atoms with Crippen LogP contribution >= 0.6 is 0 Å². The van der Waals surface area contributed by atoms with Gasteiger partial charge in [-0.25, -0.2) is 4.39 Å². The zero-order valence-corrected chi connectivity index (χ0v) is 8.24. The summed E-state index contributed by atoms with van der Waals surface area (Å²) in [5.74, 6) is -0.349. The summed E-state index contributed by atoms with van der Waals surface area (Å²) in [4.78, 5) is 4.12. The van der Waals surface area contributed by atoms with Gasteiger partial charge >= 0.3 is 0 Å². The van der Waals surface area contributed by atoms with Gasteiger partial charge in [-0.1, -0.05) is 6.07 Å². The van der Waals surface area contributed by atoms with Crippen molar-refractivity contribution in [3.05, 3.63) is 47.9 Å². The van der Waals surface area contributed by atoms with Gasteiger partial charge in [-0.15, -0.1) is 0 Å². The van der Waals surface area contributed by atoms with Crippen LogP contribution in [-0.4, -0.2) is 10.1 Å². The van der Waals surface area contributed by atoms with E-state index < -0.39 is 0 Å². The van der Waals surface area contributed by atoms with E-state index in [0.717, 1.165) is 5.56 Å². The second kappa shape index (κ2) is 3.69. The van der Waals surface area contributed by atoms with Gasteiger partial charge in [0.15, 0.2) is 0 Å². The molecular formula is C12H10FNO. The van der Waals surface area contributed by atoms with Crippen LogP contribution in [0, 0.1) is 12.7 Å². The van der Waals surface area contributed by atoms with Crippen LogP contribution < -0.4 is 0 Å². The maximum atomic E-state index is 13.0. The fourth-order valence-electron chi connectivity index (χ4n) is 1.34. The van der Waals surface area contributed by atoms with Gasteiger partial charge < -0.3 is 5.11 Å². The third-order valence-corrected chi connectivity index (χ3v) is 2.15. The van der Waals surface area contributed by atoms with Gasteiger partial charge in [0.05, 0.1) is 5.69 Å². The molecule has 1 aromatic carbocycles. The number of aryl methyl sites for hydroxylation is 1. The van der Waals surface area contributed by atoms with E-state index in [-0.39, 0.29) is 11.6 Å². The Balaban J connectivity index is 2.53. The molecule has 0 unspecified atom stereocenters. The molecule has 2 nitrogen and oxygen atoms in total. The smallest absolute Gasteiger partial charge is 0.125 e. The van der Waals surface area contributed by atoms with Crippen molar-refractivity contribution in [1.29, 1.82) is 0 Å². The summed E-state index contributed by atoms with van der Waals surface area (Å²) in [6, 6.07) is 7.43. The van der Waals surface area contributed by atoms with E-state index in [9.17, 15) is 9.50 Å². The number of phenols is 1. The Labute approximate surface area is 87.0 Å². The molecule has 0 spiro atoms. The molecule has 0 amide bonds. The molecule has 0 saturated heterocycles. The Kier molecular flexibility index (Phi) is 2.37. The summed E-state index contributed by atoms with van der Waals surface area (Å²) in [5, 5.41) is 9.55. The summed E-state index contributed by atoms with van der Waals surface area (Å²) in [5.41, 5.74) is 2.00. The lowest BCUT2D eigenvalue weighted by atomic mass is 10.1. The molecule has 3 heteroatoms. The minimum absolute atomic E-state index is 0.0350. The quantitative estimate of drug-likeness (QED) is 0.773. The average Bonchev–Trinajstić information content (AvgIpc) is 2.23. The van der Waals surface area contributed by atoms with E-state index >= 15 is 0 Å². The van der Waals surface area contributed by atoms with Gasteiger partial charge in [0.1, 0.15) is 11.6 Å². The molecule has 0 saturated carbocycles. The van der Waals surface area contributed by atoms with Crippen molar-refractivity contribution >= 4 is 0 Å². The molecule has 1 N–H and O–H groups in total. The first-order valence-corrected chi connectivity index (χ1v) is 4.58. The number of aromatic nitrogens is 1. The van der Waals surface area contributed by atoms with Gasteiger partial charge in [-0.05, 0) is 36.8 Å². The highest BCUT2D eigenvalue weighted by molar-refractivity contribution is 5.66. The fraction of sp³-hybridized carbons (Fsp3) is 0.0833. The largest absolute Gasteiger partial charge is 0.507 e. The van der Waals surface area contributed by atoms with Crippen LogP contribution in [0.2, 0.25) is 0 Å². The summed E-state index contributed by atoms with van der Waals surface area (Å²) < 4.78 is 13.0. The first kappa shape index (κ1) is 9.65. The molecule has 0 radical (unpaired) electrons. The van der Waals surface area contributed by atoms with Crippen molar-refractivity contribution in [2.45, 2.75) is 6.92 Å². The molecule has 76 valence electrons. The molecule has 0 atom stereocenters. The van der Waals surface area contributed by atoms with Crippen molar-refractivity contribution in [3.8, 4) is 17.0 Å². The molecule has 2 rings (SSSR count). The van der Waals surface area contributed by atoms with Gasteiger partial charge in [-0.3, -0.25) is 4.98 Å². The minimum Gasteiger partial charge on any atom is -0.507 e. The molecule has 15 heavy (non-hydrogen) atoms. The van der Waals surface area contributed by atoms with E-state index in [1.54, 1.807) is 12.3 Å². The second-order valence-corrected chi connectivity index (χ2v) is 3.38. The first-order chi connectivity index (χ1) is 7.16. The van der Waals surface area contributed by atoms with Crippen molar-refractivity contribution in [2.75, 3.05) is 0 Å². The van der Waals surface area contributed by atoms with Gasteiger partial charge in [-0.2, -0.15) is 0 Å². The third-order valence-electron chi connectivity index (χ3n) is 2.15. The number of halogens is 1. The Hall–Kier alpha value is -1.90. The number of nitrogens with zero attached hydrogens (tertiary/aromatic N) is 1. The summed E-state index contributed by atoms with van der Waals surface area (Å²) in [7, 11) is 0. The van der Waals surface area contributed by atoms with Gasteiger partial charge in [0.2, 0.25) is 0 Å². The van der Waals surface area contributed by atoms with Crippen molar-refractivity contribution in [1.82, 2.24) is 4.98 Å².